The first-order valence-corrected chi connectivity index (χ1v) is 10.5. The van der Waals surface area contributed by atoms with Crippen molar-refractivity contribution in [1.29, 1.82) is 0 Å². The summed E-state index contributed by atoms with van der Waals surface area (Å²) in [7, 11) is 0. The van der Waals surface area contributed by atoms with Crippen LogP contribution in [0.4, 0.5) is 10.6 Å². The molecule has 0 aromatic carbocycles. The van der Waals surface area contributed by atoms with Crippen molar-refractivity contribution in [3.05, 3.63) is 18.0 Å². The van der Waals surface area contributed by atoms with Gasteiger partial charge in [0.2, 0.25) is 0 Å². The summed E-state index contributed by atoms with van der Waals surface area (Å²) in [5.74, 6) is 1.09. The Morgan fingerprint density at radius 3 is 2.60 bits per heavy atom. The number of fused-ring (bicyclic) bond motifs is 4. The molecule has 3 aliphatic rings. The molecule has 1 N–H and O–H groups in total. The highest BCUT2D eigenvalue weighted by Crippen LogP contribution is 2.33. The van der Waals surface area contributed by atoms with Gasteiger partial charge in [-0.05, 0) is 52.7 Å². The van der Waals surface area contributed by atoms with Crippen LogP contribution in [0.3, 0.4) is 0 Å². The number of piperidine rings is 2. The Kier molecular flexibility index (Phi) is 5.29. The maximum atomic E-state index is 12.6. The van der Waals surface area contributed by atoms with E-state index in [2.05, 4.69) is 14.9 Å². The molecule has 2 aromatic heterocycles. The van der Waals surface area contributed by atoms with Gasteiger partial charge in [0.05, 0.1) is 12.6 Å². The monoisotopic (exact) mass is 415 g/mol. The summed E-state index contributed by atoms with van der Waals surface area (Å²) in [6, 6.07) is 4.19. The van der Waals surface area contributed by atoms with Crippen molar-refractivity contribution in [3.63, 3.8) is 0 Å². The van der Waals surface area contributed by atoms with E-state index in [-0.39, 0.29) is 30.6 Å². The van der Waals surface area contributed by atoms with E-state index in [0.717, 1.165) is 30.7 Å². The van der Waals surface area contributed by atoms with Crippen LogP contribution in [0.5, 0.6) is 0 Å². The molecule has 162 valence electrons. The predicted octanol–water partition coefficient (Wildman–Crippen LogP) is 2.65. The fourth-order valence-corrected chi connectivity index (χ4v) is 4.18. The third-order valence-corrected chi connectivity index (χ3v) is 5.45. The molecule has 5 rings (SSSR count). The Hall–Kier alpha value is -2.84. The molecule has 0 saturated carbocycles. The Morgan fingerprint density at radius 2 is 1.93 bits per heavy atom. The summed E-state index contributed by atoms with van der Waals surface area (Å²) in [5.41, 5.74) is 0.870. The van der Waals surface area contributed by atoms with Crippen LogP contribution in [0.15, 0.2) is 12.1 Å². The number of H-pyrrole nitrogens is 1. The van der Waals surface area contributed by atoms with E-state index >= 15 is 0 Å². The zero-order valence-corrected chi connectivity index (χ0v) is 18.0. The number of nitrogens with one attached hydrogen (secondary N) is 1. The zero-order chi connectivity index (χ0) is 21.5. The summed E-state index contributed by atoms with van der Waals surface area (Å²) in [5, 5.41) is 0. The predicted molar refractivity (Wildman–Crippen MR) is 111 cm³/mol. The first-order valence-electron chi connectivity index (χ1n) is 10.5. The number of nitrogens with zero attached hydrogens (tertiary/aromatic N) is 4. The zero-order valence-electron chi connectivity index (χ0n) is 18.0. The summed E-state index contributed by atoms with van der Waals surface area (Å²) >= 11 is 0. The molecule has 9 heteroatoms. The molecule has 0 spiro atoms. The Balaban J connectivity index is 1.48. The first-order chi connectivity index (χ1) is 14.2. The van der Waals surface area contributed by atoms with Crippen molar-refractivity contribution < 1.29 is 19.1 Å². The number of amides is 1. The van der Waals surface area contributed by atoms with E-state index in [1.807, 2.05) is 37.8 Å². The number of piperazine rings is 1. The number of ether oxygens (including phenoxy) is 2. The fraction of sp³-hybridized carbons (Fsp3) is 0.619. The van der Waals surface area contributed by atoms with Crippen LogP contribution in [0.2, 0.25) is 0 Å². The largest absolute Gasteiger partial charge is 0.466 e. The number of imidazole rings is 1. The van der Waals surface area contributed by atoms with Crippen molar-refractivity contribution in [2.24, 2.45) is 0 Å². The summed E-state index contributed by atoms with van der Waals surface area (Å²) in [4.78, 5) is 40.7. The second kappa shape index (κ2) is 7.77. The van der Waals surface area contributed by atoms with Crippen LogP contribution in [-0.4, -0.2) is 69.3 Å². The molecule has 2 aromatic rings. The van der Waals surface area contributed by atoms with Crippen molar-refractivity contribution in [2.75, 3.05) is 24.6 Å². The number of pyridine rings is 1. The van der Waals surface area contributed by atoms with Gasteiger partial charge in [-0.15, -0.1) is 0 Å². The minimum Gasteiger partial charge on any atom is -0.466 e. The molecule has 30 heavy (non-hydrogen) atoms. The highest BCUT2D eigenvalue weighted by atomic mass is 16.6. The second-order valence-electron chi connectivity index (χ2n) is 8.87. The maximum Gasteiger partial charge on any atom is 0.410 e. The maximum absolute atomic E-state index is 12.6. The van der Waals surface area contributed by atoms with Gasteiger partial charge in [-0.2, -0.15) is 0 Å². The minimum absolute atomic E-state index is 0.0960. The second-order valence-corrected chi connectivity index (χ2v) is 8.87. The van der Waals surface area contributed by atoms with Crippen molar-refractivity contribution in [2.45, 2.75) is 64.6 Å². The number of rotatable bonds is 4. The highest BCUT2D eigenvalue weighted by Gasteiger charge is 2.43. The van der Waals surface area contributed by atoms with Crippen molar-refractivity contribution >= 4 is 29.0 Å². The normalized spacial score (nSPS) is 21.2. The number of hydrogen-bond donors (Lipinski definition) is 1. The Labute approximate surface area is 175 Å². The van der Waals surface area contributed by atoms with E-state index in [0.29, 0.717) is 24.6 Å². The molecule has 3 aliphatic heterocycles. The number of esters is 1. The fourth-order valence-electron chi connectivity index (χ4n) is 4.18. The molecule has 3 saturated heterocycles. The van der Waals surface area contributed by atoms with E-state index in [1.165, 1.54) is 0 Å². The van der Waals surface area contributed by atoms with Crippen molar-refractivity contribution in [1.82, 2.24) is 19.9 Å². The van der Waals surface area contributed by atoms with Crippen LogP contribution in [0.1, 0.15) is 46.4 Å². The van der Waals surface area contributed by atoms with Gasteiger partial charge in [0, 0.05) is 19.1 Å². The van der Waals surface area contributed by atoms with Gasteiger partial charge in [0.15, 0.2) is 5.65 Å². The summed E-state index contributed by atoms with van der Waals surface area (Å²) < 4.78 is 10.6. The lowest BCUT2D eigenvalue weighted by Gasteiger charge is -2.51. The van der Waals surface area contributed by atoms with Gasteiger partial charge >= 0.3 is 12.1 Å². The minimum atomic E-state index is -0.498. The lowest BCUT2D eigenvalue weighted by molar-refractivity contribution is -0.142. The highest BCUT2D eigenvalue weighted by molar-refractivity contribution is 5.77. The molecule has 2 unspecified atom stereocenters. The molecule has 0 radical (unpaired) electrons. The number of aromatic amines is 1. The number of anilines is 1. The number of carbonyl (C=O) groups is 2. The van der Waals surface area contributed by atoms with E-state index < -0.39 is 5.60 Å². The Morgan fingerprint density at radius 1 is 1.17 bits per heavy atom. The van der Waals surface area contributed by atoms with Gasteiger partial charge < -0.3 is 24.3 Å². The van der Waals surface area contributed by atoms with Crippen LogP contribution in [0, 0.1) is 0 Å². The van der Waals surface area contributed by atoms with Gasteiger partial charge in [-0.1, -0.05) is 0 Å². The first kappa shape index (κ1) is 20.4. The summed E-state index contributed by atoms with van der Waals surface area (Å²) in [6.07, 6.45) is 1.84. The van der Waals surface area contributed by atoms with Gasteiger partial charge in [-0.3, -0.25) is 4.79 Å². The van der Waals surface area contributed by atoms with Gasteiger partial charge in [-0.25, -0.2) is 14.8 Å². The molecule has 9 nitrogen and oxygen atoms in total. The standard InChI is InChI=1S/C21H29N5O4/c1-5-29-18(27)10-16-22-15-8-9-17(24-19(15)23-16)25-11-14-7-6-13(25)12-26(14)20(28)30-21(2,3)4/h8-9,13-14H,5-7,10-12H2,1-4H3,(H,22,23,24). The SMILES string of the molecule is CCOC(=O)Cc1nc2ccc(N3CC4CCC3CN4C(=O)OC(C)(C)C)nc2[nH]1. The lowest BCUT2D eigenvalue weighted by atomic mass is 9.91. The van der Waals surface area contributed by atoms with Crippen LogP contribution in [-0.2, 0) is 20.7 Å². The smallest absolute Gasteiger partial charge is 0.410 e. The van der Waals surface area contributed by atoms with E-state index in [9.17, 15) is 9.59 Å². The lowest BCUT2D eigenvalue weighted by Crippen LogP contribution is -2.64. The molecule has 2 atom stereocenters. The quantitative estimate of drug-likeness (QED) is 0.766. The van der Waals surface area contributed by atoms with Gasteiger partial charge in [0.25, 0.3) is 0 Å². The van der Waals surface area contributed by atoms with Crippen LogP contribution < -0.4 is 4.90 Å². The molecular formula is C21H29N5O4. The third kappa shape index (κ3) is 4.20. The van der Waals surface area contributed by atoms with Crippen LogP contribution >= 0.6 is 0 Å². The molecular weight excluding hydrogens is 386 g/mol. The molecule has 0 aliphatic carbocycles. The molecule has 5 heterocycles. The average Bonchev–Trinajstić information content (AvgIpc) is 3.08. The van der Waals surface area contributed by atoms with E-state index in [1.54, 1.807) is 6.92 Å². The Bertz CT molecular complexity index is 951. The van der Waals surface area contributed by atoms with Crippen molar-refractivity contribution in [3.8, 4) is 0 Å². The number of hydrogen-bond acceptors (Lipinski definition) is 7. The van der Waals surface area contributed by atoms with Gasteiger partial charge in [0.1, 0.15) is 29.2 Å². The number of aromatic nitrogens is 3. The molecule has 3 fully saturated rings. The van der Waals surface area contributed by atoms with E-state index in [4.69, 9.17) is 14.5 Å². The summed E-state index contributed by atoms with van der Waals surface area (Å²) in [6.45, 7) is 9.15. The van der Waals surface area contributed by atoms with Crippen LogP contribution in [0.25, 0.3) is 11.2 Å². The molecule has 2 bridgehead atoms. The molecule has 1 amide bonds. The topological polar surface area (TPSA) is 101 Å². The third-order valence-electron chi connectivity index (χ3n) is 5.45. The number of carbonyl (C=O) groups excluding carboxylic acids is 2. The average molecular weight is 415 g/mol.